The Balaban J connectivity index is 1.97. The Kier molecular flexibility index (Phi) is 4.90. The summed E-state index contributed by atoms with van der Waals surface area (Å²) in [5.41, 5.74) is 6.73. The molecule has 5 nitrogen and oxygen atoms in total. The van der Waals surface area contributed by atoms with E-state index >= 15 is 0 Å². The van der Waals surface area contributed by atoms with Gasteiger partial charge in [-0.3, -0.25) is 4.79 Å². The first-order valence-corrected chi connectivity index (χ1v) is 6.58. The van der Waals surface area contributed by atoms with Gasteiger partial charge in [0.1, 0.15) is 11.5 Å². The summed E-state index contributed by atoms with van der Waals surface area (Å²) in [6.07, 6.45) is 0. The Hall–Kier alpha value is -2.40. The van der Waals surface area contributed by atoms with Crippen molar-refractivity contribution in [1.29, 1.82) is 0 Å². The number of methoxy groups -OCH3 is 1. The largest absolute Gasteiger partial charge is 0.495 e. The molecular weight excluding hydrogens is 292 g/mol. The zero-order valence-electron chi connectivity index (χ0n) is 11.4. The van der Waals surface area contributed by atoms with E-state index < -0.39 is 0 Å². The molecule has 3 N–H and O–H groups in total. The standard InChI is InChI=1S/C15H15ClN2O3/c1-20-13-5-3-2-4-12(13)18-15(19)9-21-14-8-10(17)6-7-11(14)16/h2-8H,9,17H2,1H3,(H,18,19). The van der Waals surface area contributed by atoms with Crippen molar-refractivity contribution < 1.29 is 14.3 Å². The summed E-state index contributed by atoms with van der Waals surface area (Å²) in [6, 6.07) is 12.0. The number of anilines is 2. The van der Waals surface area contributed by atoms with Crippen molar-refractivity contribution in [3.05, 3.63) is 47.5 Å². The van der Waals surface area contributed by atoms with E-state index in [4.69, 9.17) is 26.8 Å². The fraction of sp³-hybridized carbons (Fsp3) is 0.133. The minimum atomic E-state index is -0.321. The van der Waals surface area contributed by atoms with Crippen molar-refractivity contribution in [3.8, 4) is 11.5 Å². The molecule has 0 radical (unpaired) electrons. The molecule has 0 aliphatic carbocycles. The summed E-state index contributed by atoms with van der Waals surface area (Å²) in [6.45, 7) is -0.179. The lowest BCUT2D eigenvalue weighted by Gasteiger charge is -2.11. The average molecular weight is 307 g/mol. The molecule has 0 saturated heterocycles. The Morgan fingerprint density at radius 1 is 1.24 bits per heavy atom. The van der Waals surface area contributed by atoms with Crippen molar-refractivity contribution in [3.63, 3.8) is 0 Å². The number of carbonyl (C=O) groups is 1. The molecule has 0 bridgehead atoms. The molecule has 110 valence electrons. The highest BCUT2D eigenvalue weighted by Crippen LogP contribution is 2.27. The van der Waals surface area contributed by atoms with Gasteiger partial charge >= 0.3 is 0 Å². The molecule has 21 heavy (non-hydrogen) atoms. The van der Waals surface area contributed by atoms with Gasteiger partial charge < -0.3 is 20.5 Å². The van der Waals surface area contributed by atoms with E-state index in [1.165, 1.54) is 7.11 Å². The number of carbonyl (C=O) groups excluding carboxylic acids is 1. The van der Waals surface area contributed by atoms with E-state index in [2.05, 4.69) is 5.32 Å². The maximum atomic E-state index is 11.9. The number of para-hydroxylation sites is 2. The lowest BCUT2D eigenvalue weighted by molar-refractivity contribution is -0.118. The highest BCUT2D eigenvalue weighted by Gasteiger charge is 2.09. The van der Waals surface area contributed by atoms with Gasteiger partial charge in [-0.2, -0.15) is 0 Å². The molecule has 0 unspecified atom stereocenters. The number of rotatable bonds is 5. The predicted molar refractivity (Wildman–Crippen MR) is 83.0 cm³/mol. The number of hydrogen-bond acceptors (Lipinski definition) is 4. The van der Waals surface area contributed by atoms with E-state index in [0.717, 1.165) is 0 Å². The van der Waals surface area contributed by atoms with Gasteiger partial charge in [0.25, 0.3) is 5.91 Å². The number of benzene rings is 2. The van der Waals surface area contributed by atoms with Crippen LogP contribution in [0, 0.1) is 0 Å². The van der Waals surface area contributed by atoms with Gasteiger partial charge in [0.2, 0.25) is 0 Å². The van der Waals surface area contributed by atoms with Crippen LogP contribution >= 0.6 is 11.6 Å². The molecule has 2 rings (SSSR count). The highest BCUT2D eigenvalue weighted by atomic mass is 35.5. The first-order valence-electron chi connectivity index (χ1n) is 6.21. The van der Waals surface area contributed by atoms with Gasteiger partial charge in [-0.25, -0.2) is 0 Å². The van der Waals surface area contributed by atoms with Crippen LogP contribution in [0.3, 0.4) is 0 Å². The molecule has 0 heterocycles. The summed E-state index contributed by atoms with van der Waals surface area (Å²) in [5, 5.41) is 3.10. The van der Waals surface area contributed by atoms with E-state index in [1.54, 1.807) is 36.4 Å². The first-order chi connectivity index (χ1) is 10.1. The van der Waals surface area contributed by atoms with Gasteiger partial charge in [0.05, 0.1) is 17.8 Å². The summed E-state index contributed by atoms with van der Waals surface area (Å²) < 4.78 is 10.5. The molecule has 2 aromatic rings. The average Bonchev–Trinajstić information content (AvgIpc) is 2.49. The fourth-order valence-electron chi connectivity index (χ4n) is 1.71. The van der Waals surface area contributed by atoms with Gasteiger partial charge in [0.15, 0.2) is 6.61 Å². The highest BCUT2D eigenvalue weighted by molar-refractivity contribution is 6.32. The van der Waals surface area contributed by atoms with E-state index in [9.17, 15) is 4.79 Å². The maximum absolute atomic E-state index is 11.9. The summed E-state index contributed by atoms with van der Waals surface area (Å²) in [7, 11) is 1.54. The molecule has 0 aliphatic heterocycles. The lowest BCUT2D eigenvalue weighted by Crippen LogP contribution is -2.20. The van der Waals surface area contributed by atoms with Crippen LogP contribution in [0.1, 0.15) is 0 Å². The normalized spacial score (nSPS) is 10.0. The Bertz CT molecular complexity index is 647. The second-order valence-electron chi connectivity index (χ2n) is 4.23. The molecule has 2 aromatic carbocycles. The lowest BCUT2D eigenvalue weighted by atomic mass is 10.3. The number of halogens is 1. The maximum Gasteiger partial charge on any atom is 0.262 e. The van der Waals surface area contributed by atoms with Gasteiger partial charge in [-0.1, -0.05) is 23.7 Å². The molecule has 6 heteroatoms. The van der Waals surface area contributed by atoms with Crippen molar-refractivity contribution in [2.24, 2.45) is 0 Å². The van der Waals surface area contributed by atoms with Crippen molar-refractivity contribution >= 4 is 28.9 Å². The molecule has 1 amide bonds. The third-order valence-corrected chi connectivity index (χ3v) is 3.01. The Labute approximate surface area is 127 Å². The van der Waals surface area contributed by atoms with Crippen LogP contribution in [0.4, 0.5) is 11.4 Å². The second-order valence-corrected chi connectivity index (χ2v) is 4.63. The molecule has 0 saturated carbocycles. The number of nitrogens with two attached hydrogens (primary N) is 1. The van der Waals surface area contributed by atoms with Crippen LogP contribution in [-0.4, -0.2) is 19.6 Å². The predicted octanol–water partition coefficient (Wildman–Crippen LogP) is 2.95. The number of amides is 1. The summed E-state index contributed by atoms with van der Waals surface area (Å²) in [4.78, 5) is 11.9. The van der Waals surface area contributed by atoms with Crippen molar-refractivity contribution in [2.75, 3.05) is 24.8 Å². The number of hydrogen-bond donors (Lipinski definition) is 2. The van der Waals surface area contributed by atoms with Crippen LogP contribution in [0.15, 0.2) is 42.5 Å². The van der Waals surface area contributed by atoms with Crippen LogP contribution in [0.5, 0.6) is 11.5 Å². The minimum Gasteiger partial charge on any atom is -0.495 e. The third-order valence-electron chi connectivity index (χ3n) is 2.70. The zero-order chi connectivity index (χ0) is 15.2. The molecule has 0 spiro atoms. The molecule has 0 atom stereocenters. The molecule has 0 fully saturated rings. The van der Waals surface area contributed by atoms with Gasteiger partial charge in [-0.05, 0) is 24.3 Å². The quantitative estimate of drug-likeness (QED) is 0.833. The van der Waals surface area contributed by atoms with E-state index in [-0.39, 0.29) is 12.5 Å². The van der Waals surface area contributed by atoms with Crippen LogP contribution in [0.2, 0.25) is 5.02 Å². The number of ether oxygens (including phenoxy) is 2. The number of nitrogens with one attached hydrogen (secondary N) is 1. The zero-order valence-corrected chi connectivity index (χ0v) is 12.2. The second kappa shape index (κ2) is 6.85. The van der Waals surface area contributed by atoms with Crippen LogP contribution in [0.25, 0.3) is 0 Å². The van der Waals surface area contributed by atoms with Crippen LogP contribution < -0.4 is 20.5 Å². The Morgan fingerprint density at radius 3 is 2.76 bits per heavy atom. The smallest absolute Gasteiger partial charge is 0.262 e. The Morgan fingerprint density at radius 2 is 2.00 bits per heavy atom. The van der Waals surface area contributed by atoms with Gasteiger partial charge in [-0.15, -0.1) is 0 Å². The minimum absolute atomic E-state index is 0.179. The van der Waals surface area contributed by atoms with E-state index in [1.807, 2.05) is 6.07 Å². The SMILES string of the molecule is COc1ccccc1NC(=O)COc1cc(N)ccc1Cl. The molecule has 0 aromatic heterocycles. The van der Waals surface area contributed by atoms with Crippen molar-refractivity contribution in [1.82, 2.24) is 0 Å². The monoisotopic (exact) mass is 306 g/mol. The van der Waals surface area contributed by atoms with Crippen LogP contribution in [-0.2, 0) is 4.79 Å². The fourth-order valence-corrected chi connectivity index (χ4v) is 1.88. The summed E-state index contributed by atoms with van der Waals surface area (Å²) >= 11 is 5.96. The molecule has 0 aliphatic rings. The number of nitrogen functional groups attached to an aromatic ring is 1. The summed E-state index contributed by atoms with van der Waals surface area (Å²) in [5.74, 6) is 0.623. The van der Waals surface area contributed by atoms with E-state index in [0.29, 0.717) is 27.9 Å². The topological polar surface area (TPSA) is 73.6 Å². The molecular formula is C15H15ClN2O3. The third kappa shape index (κ3) is 4.03. The van der Waals surface area contributed by atoms with Crippen molar-refractivity contribution in [2.45, 2.75) is 0 Å². The first kappa shape index (κ1) is 15.0. The van der Waals surface area contributed by atoms with Gasteiger partial charge in [0, 0.05) is 11.8 Å².